The van der Waals surface area contributed by atoms with Crippen molar-refractivity contribution in [3.8, 4) is 0 Å². The van der Waals surface area contributed by atoms with Crippen molar-refractivity contribution in [1.82, 2.24) is 21.5 Å². The minimum Gasteiger partial charge on any atom is -0.358 e. The predicted octanol–water partition coefficient (Wildman–Crippen LogP) is 3.03. The summed E-state index contributed by atoms with van der Waals surface area (Å²) < 4.78 is 0. The van der Waals surface area contributed by atoms with Gasteiger partial charge in [0.25, 0.3) is 5.91 Å². The molecule has 5 aliphatic rings. The quantitative estimate of drug-likeness (QED) is 0.404. The molecule has 0 heterocycles. The van der Waals surface area contributed by atoms with Gasteiger partial charge in [-0.2, -0.15) is 0 Å². The van der Waals surface area contributed by atoms with Gasteiger partial charge in [0.1, 0.15) is 6.04 Å². The van der Waals surface area contributed by atoms with Crippen molar-refractivity contribution >= 4 is 29.1 Å². The molecule has 4 N–H and O–H groups in total. The van der Waals surface area contributed by atoms with Gasteiger partial charge < -0.3 is 10.6 Å². The molecule has 0 aromatic carbocycles. The number of nitrogens with one attached hydrogen (secondary N) is 4. The number of rotatable bonds is 4. The summed E-state index contributed by atoms with van der Waals surface area (Å²) in [5.74, 6) is 3.17. The van der Waals surface area contributed by atoms with Crippen molar-refractivity contribution < 1.29 is 9.59 Å². The second-order valence-corrected chi connectivity index (χ2v) is 11.3. The van der Waals surface area contributed by atoms with Crippen LogP contribution >= 0.6 is 12.2 Å². The van der Waals surface area contributed by atoms with Crippen LogP contribution in [-0.4, -0.2) is 29.0 Å². The summed E-state index contributed by atoms with van der Waals surface area (Å²) in [7, 11) is 0. The zero-order valence-corrected chi connectivity index (χ0v) is 19.4. The fourth-order valence-electron chi connectivity index (χ4n) is 7.02. The molecule has 0 aromatic heterocycles. The molecule has 6 nitrogen and oxygen atoms in total. The maximum atomic E-state index is 13.1. The highest BCUT2D eigenvalue weighted by Crippen LogP contribution is 2.60. The second kappa shape index (κ2) is 8.64. The van der Waals surface area contributed by atoms with Gasteiger partial charge in [-0.3, -0.25) is 20.4 Å². The third kappa shape index (κ3) is 4.46. The standard InChI is InChI=1S/C23H38N4O2S/c1-13-5-4-6-19(14(13)2)25-22(30)27-26-20(28)15(3)24-21(29)23-10-16-7-17(11-23)9-18(8-16)12-23/h13-19H,4-12H2,1-3H3,(H,24,29)(H,26,28)(H2,25,27,30)/t13-,14+,15-,16?,17?,18?,19-,23?/m0/s1. The Labute approximate surface area is 186 Å². The monoisotopic (exact) mass is 434 g/mol. The second-order valence-electron chi connectivity index (χ2n) is 10.9. The van der Waals surface area contributed by atoms with Crippen LogP contribution in [0, 0.1) is 35.0 Å². The van der Waals surface area contributed by atoms with Gasteiger partial charge >= 0.3 is 0 Å². The molecule has 0 saturated heterocycles. The summed E-state index contributed by atoms with van der Waals surface area (Å²) in [6, 6.07) is -0.256. The van der Waals surface area contributed by atoms with Crippen LogP contribution < -0.4 is 21.5 Å². The van der Waals surface area contributed by atoms with E-state index >= 15 is 0 Å². The highest BCUT2D eigenvalue weighted by atomic mass is 32.1. The molecule has 0 aromatic rings. The number of hydrogen-bond acceptors (Lipinski definition) is 3. The number of amides is 2. The van der Waals surface area contributed by atoms with E-state index in [1.807, 2.05) is 0 Å². The van der Waals surface area contributed by atoms with Crippen molar-refractivity contribution in [1.29, 1.82) is 0 Å². The Kier molecular flexibility index (Phi) is 6.29. The lowest BCUT2D eigenvalue weighted by Crippen LogP contribution is -2.59. The molecule has 7 heteroatoms. The highest BCUT2D eigenvalue weighted by molar-refractivity contribution is 7.80. The van der Waals surface area contributed by atoms with Gasteiger partial charge in [-0.25, -0.2) is 0 Å². The molecule has 5 fully saturated rings. The van der Waals surface area contributed by atoms with Gasteiger partial charge in [0.05, 0.1) is 0 Å². The first-order valence-corrected chi connectivity index (χ1v) is 12.3. The van der Waals surface area contributed by atoms with Crippen LogP contribution in [0.25, 0.3) is 0 Å². The zero-order valence-electron chi connectivity index (χ0n) is 18.6. The molecular formula is C23H38N4O2S. The summed E-state index contributed by atoms with van der Waals surface area (Å²) in [6.07, 6.45) is 10.5. The van der Waals surface area contributed by atoms with Gasteiger partial charge in [-0.1, -0.05) is 26.7 Å². The lowest BCUT2D eigenvalue weighted by Gasteiger charge is -2.55. The first-order chi connectivity index (χ1) is 14.3. The van der Waals surface area contributed by atoms with Crippen LogP contribution in [0.15, 0.2) is 0 Å². The number of hydrogen-bond donors (Lipinski definition) is 4. The van der Waals surface area contributed by atoms with E-state index in [-0.39, 0.29) is 17.2 Å². The van der Waals surface area contributed by atoms with E-state index in [0.717, 1.165) is 25.7 Å². The average Bonchev–Trinajstić information content (AvgIpc) is 2.68. The maximum absolute atomic E-state index is 13.1. The Morgan fingerprint density at radius 3 is 2.17 bits per heavy atom. The Morgan fingerprint density at radius 2 is 1.57 bits per heavy atom. The third-order valence-corrected chi connectivity index (χ3v) is 8.80. The first-order valence-electron chi connectivity index (χ1n) is 11.9. The molecule has 0 unspecified atom stereocenters. The normalized spacial score (nSPS) is 40.4. The summed E-state index contributed by atoms with van der Waals surface area (Å²) in [6.45, 7) is 6.28. The van der Waals surface area contributed by atoms with E-state index in [9.17, 15) is 9.59 Å². The predicted molar refractivity (Wildman–Crippen MR) is 121 cm³/mol. The molecule has 0 spiro atoms. The molecular weight excluding hydrogens is 396 g/mol. The van der Waals surface area contributed by atoms with Crippen LogP contribution in [0.2, 0.25) is 0 Å². The van der Waals surface area contributed by atoms with Crippen molar-refractivity contribution in [3.05, 3.63) is 0 Å². The summed E-state index contributed by atoms with van der Waals surface area (Å²) in [5, 5.41) is 6.78. The van der Waals surface area contributed by atoms with Crippen LogP contribution in [0.4, 0.5) is 0 Å². The fraction of sp³-hybridized carbons (Fsp3) is 0.870. The van der Waals surface area contributed by atoms with Gasteiger partial charge in [0, 0.05) is 11.5 Å². The van der Waals surface area contributed by atoms with Crippen LogP contribution in [-0.2, 0) is 9.59 Å². The topological polar surface area (TPSA) is 82.3 Å². The highest BCUT2D eigenvalue weighted by Gasteiger charge is 2.54. The van der Waals surface area contributed by atoms with Crippen molar-refractivity contribution in [2.45, 2.75) is 90.6 Å². The van der Waals surface area contributed by atoms with Gasteiger partial charge in [0.2, 0.25) is 5.91 Å². The minimum atomic E-state index is -0.588. The summed E-state index contributed by atoms with van der Waals surface area (Å²) >= 11 is 5.37. The third-order valence-electron chi connectivity index (χ3n) is 8.58. The summed E-state index contributed by atoms with van der Waals surface area (Å²) in [4.78, 5) is 25.7. The zero-order chi connectivity index (χ0) is 21.5. The van der Waals surface area contributed by atoms with Crippen molar-refractivity contribution in [3.63, 3.8) is 0 Å². The Bertz CT molecular complexity index is 661. The molecule has 2 amide bonds. The molecule has 4 bridgehead atoms. The molecule has 168 valence electrons. The maximum Gasteiger partial charge on any atom is 0.260 e. The van der Waals surface area contributed by atoms with E-state index in [1.54, 1.807) is 6.92 Å². The Hall–Kier alpha value is -1.37. The molecule has 5 saturated carbocycles. The number of thiocarbonyl (C=S) groups is 1. The van der Waals surface area contributed by atoms with E-state index in [2.05, 4.69) is 35.3 Å². The lowest BCUT2D eigenvalue weighted by molar-refractivity contribution is -0.148. The summed E-state index contributed by atoms with van der Waals surface area (Å²) in [5.41, 5.74) is 5.26. The van der Waals surface area contributed by atoms with Crippen LogP contribution in [0.1, 0.15) is 78.6 Å². The Morgan fingerprint density at radius 1 is 0.967 bits per heavy atom. The smallest absolute Gasteiger partial charge is 0.260 e. The van der Waals surface area contributed by atoms with Gasteiger partial charge in [-0.05, 0) is 93.7 Å². The molecule has 0 radical (unpaired) electrons. The average molecular weight is 435 g/mol. The van der Waals surface area contributed by atoms with Gasteiger partial charge in [0.15, 0.2) is 5.11 Å². The molecule has 30 heavy (non-hydrogen) atoms. The fourth-order valence-corrected chi connectivity index (χ4v) is 7.22. The molecule has 5 aliphatic carbocycles. The molecule has 0 aliphatic heterocycles. The first kappa shape index (κ1) is 21.8. The Balaban J connectivity index is 1.23. The SMILES string of the molecule is C[C@H]1[C@@H](NC(=S)NNC(=O)[C@H](C)NC(=O)C23CC4CC(CC(C4)C2)C3)CCC[C@@H]1C. The van der Waals surface area contributed by atoms with E-state index in [4.69, 9.17) is 12.2 Å². The number of hydrazine groups is 1. The van der Waals surface area contributed by atoms with Crippen molar-refractivity contribution in [2.24, 2.45) is 35.0 Å². The van der Waals surface area contributed by atoms with Gasteiger partial charge in [-0.15, -0.1) is 0 Å². The minimum absolute atomic E-state index is 0.0787. The largest absolute Gasteiger partial charge is 0.358 e. The number of carbonyl (C=O) groups is 2. The van der Waals surface area contributed by atoms with E-state index < -0.39 is 6.04 Å². The van der Waals surface area contributed by atoms with Crippen LogP contribution in [0.5, 0.6) is 0 Å². The molecule has 5 rings (SSSR count). The molecule has 4 atom stereocenters. The number of carbonyl (C=O) groups excluding carboxylic acids is 2. The van der Waals surface area contributed by atoms with Crippen LogP contribution in [0.3, 0.4) is 0 Å². The van der Waals surface area contributed by atoms with Crippen molar-refractivity contribution in [2.75, 3.05) is 0 Å². The van der Waals surface area contributed by atoms with E-state index in [1.165, 1.54) is 32.1 Å². The lowest BCUT2D eigenvalue weighted by atomic mass is 9.49. The van der Waals surface area contributed by atoms with E-state index in [0.29, 0.717) is 40.7 Å².